The Morgan fingerprint density at radius 3 is 2.78 bits per heavy atom. The standard InChI is InChI=1S/C20H26N4O3/c1-16-3-5-17(6-4-16)24-14-20(27-12-19(24)25)13-23(9-10-26-15-20)11-18-21-7-8-22(18)2/h3-8H,9-15H2,1-2H3/t20-/m1/s1. The number of morpholine rings is 1. The van der Waals surface area contributed by atoms with Gasteiger partial charge in [-0.2, -0.15) is 0 Å². The van der Waals surface area contributed by atoms with Crippen molar-refractivity contribution in [3.8, 4) is 0 Å². The second-order valence-electron chi connectivity index (χ2n) is 7.50. The van der Waals surface area contributed by atoms with Gasteiger partial charge in [0.25, 0.3) is 5.91 Å². The minimum absolute atomic E-state index is 0.00984. The molecule has 2 aliphatic heterocycles. The van der Waals surface area contributed by atoms with E-state index in [0.717, 1.165) is 24.6 Å². The van der Waals surface area contributed by atoms with E-state index in [0.29, 0.717) is 26.3 Å². The lowest BCUT2D eigenvalue weighted by molar-refractivity contribution is -0.146. The molecule has 1 aromatic carbocycles. The average molecular weight is 370 g/mol. The second-order valence-corrected chi connectivity index (χ2v) is 7.50. The monoisotopic (exact) mass is 370 g/mol. The van der Waals surface area contributed by atoms with Crippen LogP contribution >= 0.6 is 0 Å². The van der Waals surface area contributed by atoms with E-state index in [4.69, 9.17) is 9.47 Å². The maximum absolute atomic E-state index is 12.5. The van der Waals surface area contributed by atoms with Crippen LogP contribution in [-0.4, -0.2) is 65.4 Å². The summed E-state index contributed by atoms with van der Waals surface area (Å²) >= 11 is 0. The number of benzene rings is 1. The number of nitrogens with zero attached hydrogens (tertiary/aromatic N) is 4. The zero-order chi connectivity index (χ0) is 18.9. The predicted octanol–water partition coefficient (Wildman–Crippen LogP) is 1.36. The molecule has 1 amide bonds. The first-order valence-corrected chi connectivity index (χ1v) is 9.32. The van der Waals surface area contributed by atoms with Crippen molar-refractivity contribution in [1.82, 2.24) is 14.5 Å². The molecule has 2 aromatic rings. The van der Waals surface area contributed by atoms with Crippen molar-refractivity contribution in [1.29, 1.82) is 0 Å². The lowest BCUT2D eigenvalue weighted by Gasteiger charge is -2.43. The fraction of sp³-hybridized carbons (Fsp3) is 0.500. The highest BCUT2D eigenvalue weighted by Crippen LogP contribution is 2.27. The normalized spacial score (nSPS) is 24.4. The molecular weight excluding hydrogens is 344 g/mol. The number of carbonyl (C=O) groups is 1. The Hall–Kier alpha value is -2.22. The van der Waals surface area contributed by atoms with Gasteiger partial charge in [0, 0.05) is 38.2 Å². The maximum atomic E-state index is 12.5. The first-order valence-electron chi connectivity index (χ1n) is 9.32. The van der Waals surface area contributed by atoms with Gasteiger partial charge in [0.1, 0.15) is 18.0 Å². The van der Waals surface area contributed by atoms with Crippen LogP contribution in [0.15, 0.2) is 36.7 Å². The highest BCUT2D eigenvalue weighted by molar-refractivity contribution is 5.95. The smallest absolute Gasteiger partial charge is 0.253 e. The highest BCUT2D eigenvalue weighted by atomic mass is 16.6. The summed E-state index contributed by atoms with van der Waals surface area (Å²) < 4.78 is 14.0. The average Bonchev–Trinajstić information content (AvgIpc) is 2.95. The van der Waals surface area contributed by atoms with Crippen molar-refractivity contribution < 1.29 is 14.3 Å². The van der Waals surface area contributed by atoms with Crippen molar-refractivity contribution >= 4 is 11.6 Å². The topological polar surface area (TPSA) is 59.8 Å². The lowest BCUT2D eigenvalue weighted by atomic mass is 10.0. The summed E-state index contributed by atoms with van der Waals surface area (Å²) in [6.45, 7) is 6.00. The third-order valence-corrected chi connectivity index (χ3v) is 5.31. The molecule has 2 fully saturated rings. The minimum Gasteiger partial charge on any atom is -0.377 e. The van der Waals surface area contributed by atoms with Gasteiger partial charge in [0.05, 0.1) is 26.3 Å². The van der Waals surface area contributed by atoms with Crippen LogP contribution in [0.2, 0.25) is 0 Å². The molecule has 1 aromatic heterocycles. The molecule has 0 aliphatic carbocycles. The summed E-state index contributed by atoms with van der Waals surface area (Å²) in [5, 5.41) is 0. The molecule has 2 aliphatic rings. The Morgan fingerprint density at radius 1 is 1.22 bits per heavy atom. The molecule has 7 nitrogen and oxygen atoms in total. The third-order valence-electron chi connectivity index (χ3n) is 5.31. The Morgan fingerprint density at radius 2 is 2.04 bits per heavy atom. The summed E-state index contributed by atoms with van der Waals surface area (Å²) in [5.41, 5.74) is 1.56. The van der Waals surface area contributed by atoms with Gasteiger partial charge in [0.2, 0.25) is 0 Å². The van der Waals surface area contributed by atoms with Crippen LogP contribution in [0.1, 0.15) is 11.4 Å². The van der Waals surface area contributed by atoms with Crippen LogP contribution in [0.25, 0.3) is 0 Å². The second kappa shape index (κ2) is 7.42. The van der Waals surface area contributed by atoms with Gasteiger partial charge in [-0.25, -0.2) is 4.98 Å². The lowest BCUT2D eigenvalue weighted by Crippen LogP contribution is -2.60. The number of hydrogen-bond acceptors (Lipinski definition) is 5. The summed E-state index contributed by atoms with van der Waals surface area (Å²) in [6.07, 6.45) is 3.77. The number of carbonyl (C=O) groups excluding carboxylic acids is 1. The number of imidazole rings is 1. The fourth-order valence-corrected chi connectivity index (χ4v) is 3.73. The first-order chi connectivity index (χ1) is 13.0. The number of rotatable bonds is 3. The summed E-state index contributed by atoms with van der Waals surface area (Å²) in [6, 6.07) is 8.05. The van der Waals surface area contributed by atoms with E-state index in [1.165, 1.54) is 5.56 Å². The molecule has 0 bridgehead atoms. The zero-order valence-electron chi connectivity index (χ0n) is 15.9. The molecule has 144 valence electrons. The Kier molecular flexibility index (Phi) is 4.99. The molecule has 0 unspecified atom stereocenters. The molecule has 0 N–H and O–H groups in total. The van der Waals surface area contributed by atoms with Crippen LogP contribution in [-0.2, 0) is 27.9 Å². The number of anilines is 1. The third kappa shape index (κ3) is 3.90. The van der Waals surface area contributed by atoms with Gasteiger partial charge in [0.15, 0.2) is 0 Å². The van der Waals surface area contributed by atoms with Crippen molar-refractivity contribution in [2.24, 2.45) is 7.05 Å². The van der Waals surface area contributed by atoms with Crippen molar-refractivity contribution in [3.05, 3.63) is 48.0 Å². The maximum Gasteiger partial charge on any atom is 0.253 e. The van der Waals surface area contributed by atoms with Crippen molar-refractivity contribution in [3.63, 3.8) is 0 Å². The van der Waals surface area contributed by atoms with Gasteiger partial charge in [-0.3, -0.25) is 9.69 Å². The number of amides is 1. The fourth-order valence-electron chi connectivity index (χ4n) is 3.73. The molecule has 1 atom stereocenters. The van der Waals surface area contributed by atoms with E-state index in [9.17, 15) is 4.79 Å². The molecule has 7 heteroatoms. The molecule has 3 heterocycles. The number of aryl methyl sites for hydroxylation is 2. The highest BCUT2D eigenvalue weighted by Gasteiger charge is 2.43. The summed E-state index contributed by atoms with van der Waals surface area (Å²) in [5.74, 6) is 0.999. The van der Waals surface area contributed by atoms with E-state index in [1.807, 2.05) is 60.1 Å². The zero-order valence-corrected chi connectivity index (χ0v) is 15.9. The van der Waals surface area contributed by atoms with Gasteiger partial charge in [-0.15, -0.1) is 0 Å². The molecule has 0 saturated carbocycles. The SMILES string of the molecule is Cc1ccc(N2C[C@]3(COCCN(Cc4nccn4C)C3)OCC2=O)cc1. The van der Waals surface area contributed by atoms with Crippen LogP contribution in [0.3, 0.4) is 0 Å². The largest absolute Gasteiger partial charge is 0.377 e. The van der Waals surface area contributed by atoms with Gasteiger partial charge in [-0.1, -0.05) is 17.7 Å². The van der Waals surface area contributed by atoms with Gasteiger partial charge >= 0.3 is 0 Å². The Bertz CT molecular complexity index is 804. The van der Waals surface area contributed by atoms with Crippen LogP contribution in [0.4, 0.5) is 5.69 Å². The van der Waals surface area contributed by atoms with E-state index in [1.54, 1.807) is 0 Å². The molecule has 2 saturated heterocycles. The van der Waals surface area contributed by atoms with E-state index >= 15 is 0 Å². The summed E-state index contributed by atoms with van der Waals surface area (Å²) in [7, 11) is 2.00. The predicted molar refractivity (Wildman–Crippen MR) is 102 cm³/mol. The minimum atomic E-state index is -0.527. The first kappa shape index (κ1) is 18.2. The van der Waals surface area contributed by atoms with Crippen molar-refractivity contribution in [2.75, 3.05) is 44.4 Å². The van der Waals surface area contributed by atoms with Crippen molar-refractivity contribution in [2.45, 2.75) is 19.1 Å². The Labute approximate surface area is 159 Å². The molecule has 27 heavy (non-hydrogen) atoms. The number of hydrogen-bond donors (Lipinski definition) is 0. The number of ether oxygens (including phenoxy) is 2. The summed E-state index contributed by atoms with van der Waals surface area (Å²) in [4.78, 5) is 21.1. The van der Waals surface area contributed by atoms with E-state index in [2.05, 4.69) is 9.88 Å². The van der Waals surface area contributed by atoms with Crippen LogP contribution < -0.4 is 4.90 Å². The van der Waals surface area contributed by atoms with Gasteiger partial charge < -0.3 is 18.9 Å². The molecule has 0 radical (unpaired) electrons. The van der Waals surface area contributed by atoms with Crippen LogP contribution in [0, 0.1) is 6.92 Å². The van der Waals surface area contributed by atoms with E-state index < -0.39 is 5.60 Å². The van der Waals surface area contributed by atoms with Gasteiger partial charge in [-0.05, 0) is 19.1 Å². The van der Waals surface area contributed by atoms with Crippen LogP contribution in [0.5, 0.6) is 0 Å². The molecule has 1 spiro atoms. The Balaban J connectivity index is 1.54. The number of aromatic nitrogens is 2. The molecule has 4 rings (SSSR count). The molecular formula is C20H26N4O3. The quantitative estimate of drug-likeness (QED) is 0.817. The van der Waals surface area contributed by atoms with E-state index in [-0.39, 0.29) is 12.5 Å².